The molecule has 0 saturated carbocycles. The molecule has 1 atom stereocenters. The molecule has 1 unspecified atom stereocenters. The van der Waals surface area contributed by atoms with Gasteiger partial charge in [-0.15, -0.1) is 0 Å². The predicted molar refractivity (Wildman–Crippen MR) is 56.9 cm³/mol. The van der Waals surface area contributed by atoms with Gasteiger partial charge in [0.05, 0.1) is 6.04 Å². The van der Waals surface area contributed by atoms with E-state index in [0.29, 0.717) is 0 Å². The molecule has 0 aliphatic carbocycles. The normalized spacial score (nSPS) is 12.2. The molecule has 1 aromatic rings. The van der Waals surface area contributed by atoms with Crippen molar-refractivity contribution >= 4 is 17.0 Å². The third-order valence-electron chi connectivity index (χ3n) is 1.82. The van der Waals surface area contributed by atoms with Crippen LogP contribution in [-0.2, 0) is 0 Å². The molecule has 0 radical (unpaired) electrons. The molecule has 1 N–H and O–H groups in total. The number of amides is 1. The fourth-order valence-electron chi connectivity index (χ4n) is 1.06. The van der Waals surface area contributed by atoms with Gasteiger partial charge in [0.2, 0.25) is 0 Å². The van der Waals surface area contributed by atoms with Gasteiger partial charge in [0.15, 0.2) is 0 Å². The number of carbonyl (C=O) groups is 1. The van der Waals surface area contributed by atoms with Crippen LogP contribution in [0.15, 0.2) is 30.3 Å². The van der Waals surface area contributed by atoms with E-state index < -0.39 is 0 Å². The van der Waals surface area contributed by atoms with Crippen molar-refractivity contribution in [2.45, 2.75) is 13.0 Å². The third kappa shape index (κ3) is 3.11. The van der Waals surface area contributed by atoms with E-state index in [-0.39, 0.29) is 11.3 Å². The summed E-state index contributed by atoms with van der Waals surface area (Å²) in [5.74, 6) is 0. The van der Waals surface area contributed by atoms with Crippen LogP contribution in [0.5, 0.6) is 0 Å². The third-order valence-corrected chi connectivity index (χ3v) is 2.31. The second-order valence-corrected chi connectivity index (χ2v) is 3.55. The Morgan fingerprint density at radius 1 is 1.38 bits per heavy atom. The van der Waals surface area contributed by atoms with E-state index in [9.17, 15) is 4.79 Å². The van der Waals surface area contributed by atoms with E-state index in [1.165, 1.54) is 11.8 Å². The fourth-order valence-corrected chi connectivity index (χ4v) is 1.36. The van der Waals surface area contributed by atoms with Gasteiger partial charge >= 0.3 is 0 Å². The highest BCUT2D eigenvalue weighted by Crippen LogP contribution is 2.12. The van der Waals surface area contributed by atoms with Gasteiger partial charge in [-0.3, -0.25) is 4.79 Å². The molecular formula is C10H13NOS. The number of benzene rings is 1. The monoisotopic (exact) mass is 195 g/mol. The van der Waals surface area contributed by atoms with Gasteiger partial charge in [-0.05, 0) is 18.7 Å². The Morgan fingerprint density at radius 3 is 2.54 bits per heavy atom. The average Bonchev–Trinajstić information content (AvgIpc) is 2.19. The van der Waals surface area contributed by atoms with Crippen LogP contribution >= 0.6 is 11.8 Å². The van der Waals surface area contributed by atoms with Crippen LogP contribution in [-0.4, -0.2) is 11.5 Å². The van der Waals surface area contributed by atoms with Crippen molar-refractivity contribution in [3.63, 3.8) is 0 Å². The van der Waals surface area contributed by atoms with E-state index >= 15 is 0 Å². The van der Waals surface area contributed by atoms with Crippen LogP contribution in [0.4, 0.5) is 4.79 Å². The van der Waals surface area contributed by atoms with Gasteiger partial charge in [-0.25, -0.2) is 0 Å². The van der Waals surface area contributed by atoms with Crippen molar-refractivity contribution in [1.82, 2.24) is 5.32 Å². The number of thioether (sulfide) groups is 1. The first-order chi connectivity index (χ1) is 6.24. The van der Waals surface area contributed by atoms with Crippen LogP contribution in [0.3, 0.4) is 0 Å². The maximum atomic E-state index is 11.0. The summed E-state index contributed by atoms with van der Waals surface area (Å²) in [7, 11) is 0. The molecule has 0 aliphatic rings. The van der Waals surface area contributed by atoms with Crippen molar-refractivity contribution in [3.8, 4) is 0 Å². The highest BCUT2D eigenvalue weighted by atomic mass is 32.2. The van der Waals surface area contributed by atoms with Crippen LogP contribution in [0.1, 0.15) is 18.5 Å². The van der Waals surface area contributed by atoms with E-state index in [2.05, 4.69) is 5.32 Å². The Hall–Kier alpha value is -0.960. The molecule has 0 saturated heterocycles. The van der Waals surface area contributed by atoms with Crippen LogP contribution < -0.4 is 5.32 Å². The molecule has 3 heteroatoms. The number of nitrogens with one attached hydrogen (secondary N) is 1. The molecule has 2 nitrogen and oxygen atoms in total. The molecule has 70 valence electrons. The molecular weight excluding hydrogens is 182 g/mol. The van der Waals surface area contributed by atoms with Crippen LogP contribution in [0, 0.1) is 0 Å². The van der Waals surface area contributed by atoms with Crippen molar-refractivity contribution in [2.24, 2.45) is 0 Å². The van der Waals surface area contributed by atoms with E-state index in [4.69, 9.17) is 0 Å². The number of hydrogen-bond donors (Lipinski definition) is 1. The largest absolute Gasteiger partial charge is 0.340 e. The SMILES string of the molecule is CSC(=O)NC(C)c1ccccc1. The second-order valence-electron chi connectivity index (χ2n) is 2.77. The minimum Gasteiger partial charge on any atom is -0.340 e. The van der Waals surface area contributed by atoms with Crippen molar-refractivity contribution < 1.29 is 4.79 Å². The van der Waals surface area contributed by atoms with E-state index in [1.807, 2.05) is 37.3 Å². The van der Waals surface area contributed by atoms with E-state index in [1.54, 1.807) is 6.26 Å². The van der Waals surface area contributed by atoms with Crippen molar-refractivity contribution in [1.29, 1.82) is 0 Å². The summed E-state index contributed by atoms with van der Waals surface area (Å²) in [4.78, 5) is 11.0. The summed E-state index contributed by atoms with van der Waals surface area (Å²) in [5.41, 5.74) is 1.13. The molecule has 0 aliphatic heterocycles. The molecule has 0 bridgehead atoms. The van der Waals surface area contributed by atoms with Crippen molar-refractivity contribution in [2.75, 3.05) is 6.26 Å². The Morgan fingerprint density at radius 2 is 2.00 bits per heavy atom. The summed E-state index contributed by atoms with van der Waals surface area (Å²) in [6.07, 6.45) is 1.77. The summed E-state index contributed by atoms with van der Waals surface area (Å²) in [5, 5.41) is 2.88. The summed E-state index contributed by atoms with van der Waals surface area (Å²) >= 11 is 1.20. The number of carbonyl (C=O) groups excluding carboxylic acids is 1. The lowest BCUT2D eigenvalue weighted by Crippen LogP contribution is -2.22. The number of rotatable bonds is 2. The van der Waals surface area contributed by atoms with Crippen LogP contribution in [0.2, 0.25) is 0 Å². The molecule has 1 rings (SSSR count). The smallest absolute Gasteiger partial charge is 0.279 e. The highest BCUT2D eigenvalue weighted by Gasteiger charge is 2.06. The highest BCUT2D eigenvalue weighted by molar-refractivity contribution is 8.12. The average molecular weight is 195 g/mol. The van der Waals surface area contributed by atoms with Gasteiger partial charge in [-0.1, -0.05) is 42.1 Å². The van der Waals surface area contributed by atoms with E-state index in [0.717, 1.165) is 5.56 Å². The molecule has 1 amide bonds. The minimum atomic E-state index is 0.0105. The standard InChI is InChI=1S/C10H13NOS/c1-8(11-10(12)13-2)9-6-4-3-5-7-9/h3-8H,1-2H3,(H,11,12). The Labute approximate surface area is 82.7 Å². The maximum absolute atomic E-state index is 11.0. The number of hydrogen-bond acceptors (Lipinski definition) is 2. The molecule has 0 spiro atoms. The zero-order chi connectivity index (χ0) is 9.68. The second kappa shape index (κ2) is 4.92. The zero-order valence-corrected chi connectivity index (χ0v) is 8.60. The molecule has 1 aromatic carbocycles. The maximum Gasteiger partial charge on any atom is 0.279 e. The first-order valence-corrected chi connectivity index (χ1v) is 5.36. The summed E-state index contributed by atoms with van der Waals surface area (Å²) in [6.45, 7) is 1.98. The first kappa shape index (κ1) is 10.1. The van der Waals surface area contributed by atoms with Gasteiger partial charge in [0.25, 0.3) is 5.24 Å². The zero-order valence-electron chi connectivity index (χ0n) is 7.78. The Kier molecular flexibility index (Phi) is 3.83. The topological polar surface area (TPSA) is 29.1 Å². The van der Waals surface area contributed by atoms with Gasteiger partial charge in [0.1, 0.15) is 0 Å². The van der Waals surface area contributed by atoms with Gasteiger partial charge < -0.3 is 5.32 Å². The van der Waals surface area contributed by atoms with Crippen molar-refractivity contribution in [3.05, 3.63) is 35.9 Å². The van der Waals surface area contributed by atoms with Gasteiger partial charge in [0, 0.05) is 0 Å². The van der Waals surface area contributed by atoms with Gasteiger partial charge in [-0.2, -0.15) is 0 Å². The predicted octanol–water partition coefficient (Wildman–Crippen LogP) is 2.82. The molecule has 13 heavy (non-hydrogen) atoms. The lowest BCUT2D eigenvalue weighted by atomic mass is 10.1. The minimum absolute atomic E-state index is 0.0105. The Balaban J connectivity index is 2.59. The summed E-state index contributed by atoms with van der Waals surface area (Å²) in [6, 6.07) is 10.00. The lowest BCUT2D eigenvalue weighted by Gasteiger charge is -2.12. The molecule has 0 fully saturated rings. The van der Waals surface area contributed by atoms with Crippen LogP contribution in [0.25, 0.3) is 0 Å². The molecule has 0 heterocycles. The fraction of sp³-hybridized carbons (Fsp3) is 0.300. The first-order valence-electron chi connectivity index (χ1n) is 4.13. The summed E-state index contributed by atoms with van der Waals surface area (Å²) < 4.78 is 0. The lowest BCUT2D eigenvalue weighted by molar-refractivity contribution is 0.258. The quantitative estimate of drug-likeness (QED) is 0.786. The molecule has 0 aromatic heterocycles. The Bertz CT molecular complexity index is 274.